The predicted molar refractivity (Wildman–Crippen MR) is 364 cm³/mol. The molecule has 22 nitrogen and oxygen atoms in total. The molecule has 10 heterocycles. The van der Waals surface area contributed by atoms with Gasteiger partial charge in [0.2, 0.25) is 0 Å². The number of benzene rings is 4. The Morgan fingerprint density at radius 1 is 0.442 bits per heavy atom. The average molecular weight is 1280 g/mol. The number of nitrogens with zero attached hydrogens (tertiary/aromatic N) is 20. The lowest BCUT2D eigenvalue weighted by Crippen LogP contribution is -2.32. The van der Waals surface area contributed by atoms with E-state index in [1.165, 1.54) is 6.33 Å². The average Bonchev–Trinajstić information content (AvgIpc) is 0.890. The normalized spacial score (nSPS) is 13.8. The number of anilines is 5. The number of para-hydroxylation sites is 2. The minimum Gasteiger partial charge on any atom is -0.366 e. The summed E-state index contributed by atoms with van der Waals surface area (Å²) in [6.45, 7) is 18.0. The van der Waals surface area contributed by atoms with E-state index in [1.54, 1.807) is 31.4 Å². The number of hydrogen-bond donors (Lipinski definition) is 2. The Kier molecular flexibility index (Phi) is 22.2. The molecule has 4 aromatic carbocycles. The highest BCUT2D eigenvalue weighted by Gasteiger charge is 2.26. The Balaban J connectivity index is 0.000000134. The highest BCUT2D eigenvalue weighted by atomic mass is 35.5. The quantitative estimate of drug-likeness (QED) is 0.134. The lowest BCUT2D eigenvalue weighted by Gasteiger charge is -2.32. The third-order valence-electron chi connectivity index (χ3n) is 16.6. The van der Waals surface area contributed by atoms with Crippen LogP contribution in [0.4, 0.5) is 28.6 Å². The molecule has 0 fully saturated rings. The first-order chi connectivity index (χ1) is 46.2. The van der Waals surface area contributed by atoms with E-state index in [4.69, 9.17) is 27.9 Å². The molecule has 0 amide bonds. The Morgan fingerprint density at radius 3 is 1.32 bits per heavy atom. The molecule has 476 valence electrons. The van der Waals surface area contributed by atoms with E-state index in [0.29, 0.717) is 29.4 Å². The monoisotopic (exact) mass is 1280 g/mol. The molecule has 0 spiro atoms. The van der Waals surface area contributed by atoms with Gasteiger partial charge < -0.3 is 30.7 Å². The highest BCUT2D eigenvalue weighted by molar-refractivity contribution is 6.30. The van der Waals surface area contributed by atoms with Gasteiger partial charge in [0, 0.05) is 155 Å². The van der Waals surface area contributed by atoms with Crippen molar-refractivity contribution in [3.8, 4) is 24.3 Å². The number of fused-ring (bicyclic) bond motifs is 4. The van der Waals surface area contributed by atoms with Crippen LogP contribution >= 0.6 is 11.6 Å². The zero-order valence-electron chi connectivity index (χ0n) is 53.9. The van der Waals surface area contributed by atoms with E-state index in [0.717, 1.165) is 184 Å². The van der Waals surface area contributed by atoms with Gasteiger partial charge in [0.15, 0.2) is 0 Å². The molecule has 95 heavy (non-hydrogen) atoms. The van der Waals surface area contributed by atoms with Crippen molar-refractivity contribution in [3.05, 3.63) is 254 Å². The van der Waals surface area contributed by atoms with Crippen LogP contribution in [0, 0.1) is 73.0 Å². The van der Waals surface area contributed by atoms with E-state index in [1.807, 2.05) is 144 Å². The molecule has 14 rings (SSSR count). The van der Waals surface area contributed by atoms with E-state index >= 15 is 0 Å². The fourth-order valence-corrected chi connectivity index (χ4v) is 11.6. The van der Waals surface area contributed by atoms with Crippen molar-refractivity contribution in [2.24, 2.45) is 5.73 Å². The molecule has 6 aromatic heterocycles. The second-order valence-electron chi connectivity index (χ2n) is 23.2. The third kappa shape index (κ3) is 16.8. The SMILES string of the molecule is Cc1ccc(N2CCc3ncnc(Cl)c3C2)c(C#N)c1.Cc1ccc(N2CCc3ncnc(N[C@H](C)c4cnc(C)nc4)c3C2)c(C#N)c1.Cc1ncc([C@@H](C)N)cn1.N#Cc1ccccc1N1CCc2ncncc2C1.N#Cc1ccccc1N1CCc2ncncc2C1. The number of halogens is 1. The molecule has 2 atom stereocenters. The molecule has 0 saturated carbocycles. The summed E-state index contributed by atoms with van der Waals surface area (Å²) in [6.07, 6.45) is 20.7. The number of nitrogens with two attached hydrogens (primary N) is 1. The van der Waals surface area contributed by atoms with Crippen LogP contribution in [0.5, 0.6) is 0 Å². The van der Waals surface area contributed by atoms with Gasteiger partial charge in [-0.15, -0.1) is 0 Å². The summed E-state index contributed by atoms with van der Waals surface area (Å²) in [7, 11) is 0. The maximum atomic E-state index is 9.56. The smallest absolute Gasteiger partial charge is 0.137 e. The van der Waals surface area contributed by atoms with Gasteiger partial charge in [0.05, 0.1) is 73.8 Å². The van der Waals surface area contributed by atoms with Gasteiger partial charge in [-0.25, -0.2) is 59.8 Å². The molecule has 0 unspecified atom stereocenters. The van der Waals surface area contributed by atoms with Crippen LogP contribution in [0.15, 0.2) is 147 Å². The fourth-order valence-electron chi connectivity index (χ4n) is 11.4. The molecular weight excluding hydrogens is 1210 g/mol. The van der Waals surface area contributed by atoms with Gasteiger partial charge >= 0.3 is 0 Å². The van der Waals surface area contributed by atoms with Crippen LogP contribution in [0.3, 0.4) is 0 Å². The van der Waals surface area contributed by atoms with E-state index in [2.05, 4.69) is 116 Å². The van der Waals surface area contributed by atoms with Crippen molar-refractivity contribution < 1.29 is 0 Å². The molecule has 0 aliphatic carbocycles. The van der Waals surface area contributed by atoms with Crippen LogP contribution in [0.2, 0.25) is 5.15 Å². The summed E-state index contributed by atoms with van der Waals surface area (Å²) in [4.78, 5) is 59.4. The van der Waals surface area contributed by atoms with Crippen LogP contribution in [0.25, 0.3) is 0 Å². The molecule has 4 aliphatic heterocycles. The summed E-state index contributed by atoms with van der Waals surface area (Å²) in [5.41, 5.74) is 25.1. The van der Waals surface area contributed by atoms with Gasteiger partial charge in [-0.3, -0.25) is 0 Å². The standard InChI is InChI=1S/C22H23N7.C15H13ClN4.2C14H12N4.C7H11N3/c1-14-4-5-21(17(8-14)9-23)29-7-6-20-19(12-29)22(27-13-26-20)28-15(2)18-10-24-16(3)25-11-18;1-10-2-3-14(11(6-10)7-17)20-5-4-13-12(8-20)15(16)19-9-18-13;2*15-7-11-3-1-2-4-14(11)18-6-5-13-12(9-18)8-16-10-17-13;1-5(8)7-3-9-6(2)10-4-7/h4-5,8,10-11,13,15H,6-7,12H2,1-3H3,(H,26,27,28);2-3,6,9H,4-5,8H2,1H3;2*1-4,8,10H,5-6,9H2;3-5H,8H2,1-2H3/t15-;;;;5-/m1...1/s1. The van der Waals surface area contributed by atoms with Crippen molar-refractivity contribution >= 4 is 40.2 Å². The number of hydrogen-bond acceptors (Lipinski definition) is 22. The minimum absolute atomic E-state index is 0.0130. The largest absolute Gasteiger partial charge is 0.366 e. The lowest BCUT2D eigenvalue weighted by molar-refractivity contribution is 0.702. The molecular formula is C72H71ClN22. The Bertz CT molecular complexity index is 4370. The molecule has 0 radical (unpaired) electrons. The molecule has 10 aromatic rings. The van der Waals surface area contributed by atoms with Crippen molar-refractivity contribution in [1.29, 1.82) is 21.0 Å². The maximum absolute atomic E-state index is 9.56. The number of aromatic nitrogens is 12. The molecule has 0 saturated heterocycles. The summed E-state index contributed by atoms with van der Waals surface area (Å²) in [5, 5.41) is 41.1. The first-order valence-electron chi connectivity index (χ1n) is 31.2. The lowest BCUT2D eigenvalue weighted by atomic mass is 10.0. The van der Waals surface area contributed by atoms with Gasteiger partial charge in [-0.1, -0.05) is 48.0 Å². The Hall–Kier alpha value is -11.4. The van der Waals surface area contributed by atoms with Crippen molar-refractivity contribution in [2.75, 3.05) is 51.1 Å². The third-order valence-corrected chi connectivity index (χ3v) is 16.9. The van der Waals surface area contributed by atoms with E-state index < -0.39 is 0 Å². The van der Waals surface area contributed by atoms with Gasteiger partial charge in [0.1, 0.15) is 72.2 Å². The summed E-state index contributed by atoms with van der Waals surface area (Å²) >= 11 is 6.15. The number of rotatable bonds is 8. The van der Waals surface area contributed by atoms with Crippen LogP contribution in [-0.2, 0) is 51.9 Å². The molecule has 23 heteroatoms. The van der Waals surface area contributed by atoms with Gasteiger partial charge in [-0.05, 0) is 101 Å². The molecule has 3 N–H and O–H groups in total. The van der Waals surface area contributed by atoms with Crippen LogP contribution < -0.4 is 30.7 Å². The minimum atomic E-state index is 0.0130. The summed E-state index contributed by atoms with van der Waals surface area (Å²) < 4.78 is 0. The second-order valence-corrected chi connectivity index (χ2v) is 23.6. The fraction of sp³-hybridized carbons (Fsp3) is 0.278. The highest BCUT2D eigenvalue weighted by Crippen LogP contribution is 2.33. The number of nitriles is 4. The molecule has 0 bridgehead atoms. The second kappa shape index (κ2) is 31.7. The predicted octanol–water partition coefficient (Wildman–Crippen LogP) is 11.0. The van der Waals surface area contributed by atoms with E-state index in [-0.39, 0.29) is 12.1 Å². The Labute approximate surface area is 558 Å². The topological polar surface area (TPSA) is 301 Å². The van der Waals surface area contributed by atoms with Gasteiger partial charge in [0.25, 0.3) is 0 Å². The van der Waals surface area contributed by atoms with Crippen LogP contribution in [0.1, 0.15) is 127 Å². The van der Waals surface area contributed by atoms with Crippen LogP contribution in [-0.4, -0.2) is 86.0 Å². The van der Waals surface area contributed by atoms with Crippen molar-refractivity contribution in [2.45, 2.75) is 105 Å². The first-order valence-corrected chi connectivity index (χ1v) is 31.5. The zero-order chi connectivity index (χ0) is 66.8. The first kappa shape index (κ1) is 66.5. The van der Waals surface area contributed by atoms with Gasteiger partial charge in [-0.2, -0.15) is 21.0 Å². The maximum Gasteiger partial charge on any atom is 0.137 e. The summed E-state index contributed by atoms with van der Waals surface area (Å²) in [6, 6.07) is 36.5. The van der Waals surface area contributed by atoms with E-state index in [9.17, 15) is 10.5 Å². The van der Waals surface area contributed by atoms with Crippen molar-refractivity contribution in [3.63, 3.8) is 0 Å². The molecule has 4 aliphatic rings. The number of nitrogens with one attached hydrogen (secondary N) is 1. The number of aryl methyl sites for hydroxylation is 4. The van der Waals surface area contributed by atoms with Crippen molar-refractivity contribution in [1.82, 2.24) is 59.8 Å². The summed E-state index contributed by atoms with van der Waals surface area (Å²) in [5.74, 6) is 2.35. The zero-order valence-corrected chi connectivity index (χ0v) is 54.7. The Morgan fingerprint density at radius 2 is 0.842 bits per heavy atom.